The molecule has 3 heteroatoms. The Balaban J connectivity index is 2.12. The quantitative estimate of drug-likeness (QED) is 0.784. The molecule has 2 unspecified atom stereocenters. The van der Waals surface area contributed by atoms with Gasteiger partial charge in [0.05, 0.1) is 18.7 Å². The second kappa shape index (κ2) is 5.05. The molecule has 1 saturated heterocycles. The minimum absolute atomic E-state index is 0.274. The van der Waals surface area contributed by atoms with Crippen LogP contribution in [0.1, 0.15) is 11.7 Å². The van der Waals surface area contributed by atoms with Crippen LogP contribution in [0, 0.1) is 34.0 Å². The summed E-state index contributed by atoms with van der Waals surface area (Å²) >= 11 is 0. The molecule has 0 N–H and O–H groups in total. The Morgan fingerprint density at radius 1 is 1.14 bits per heavy atom. The molecule has 0 aromatic heterocycles. The van der Waals surface area contributed by atoms with Crippen LogP contribution in [-0.2, 0) is 4.74 Å². The fourth-order valence-corrected chi connectivity index (χ4v) is 2.95. The maximum absolute atomic E-state index is 9.56. The Kier molecular flexibility index (Phi) is 3.22. The molecule has 3 nitrogen and oxygen atoms in total. The second-order valence-corrected chi connectivity index (χ2v) is 5.25. The first kappa shape index (κ1) is 13.4. The fraction of sp³-hybridized carbons (Fsp3) is 0.222. The highest BCUT2D eigenvalue weighted by molar-refractivity contribution is 5.83. The summed E-state index contributed by atoms with van der Waals surface area (Å²) < 4.78 is 5.77. The molecular weight excluding hydrogens is 260 g/mol. The molecule has 0 spiro atoms. The molecular formula is C18H14N2O. The van der Waals surface area contributed by atoms with E-state index in [1.807, 2.05) is 42.5 Å². The molecule has 102 valence electrons. The van der Waals surface area contributed by atoms with E-state index in [9.17, 15) is 10.5 Å². The number of fused-ring (bicyclic) bond motifs is 1. The van der Waals surface area contributed by atoms with E-state index in [-0.39, 0.29) is 5.92 Å². The zero-order valence-corrected chi connectivity index (χ0v) is 11.5. The van der Waals surface area contributed by atoms with Crippen molar-refractivity contribution in [2.75, 3.05) is 6.61 Å². The number of nitrogens with zero attached hydrogens (tertiary/aromatic N) is 2. The fourth-order valence-electron chi connectivity index (χ4n) is 2.95. The number of hydrogen-bond acceptors (Lipinski definition) is 3. The van der Waals surface area contributed by atoms with Crippen molar-refractivity contribution >= 4 is 10.8 Å². The van der Waals surface area contributed by atoms with Crippen LogP contribution in [0.15, 0.2) is 55.1 Å². The monoisotopic (exact) mass is 274 g/mol. The Labute approximate surface area is 123 Å². The minimum Gasteiger partial charge on any atom is -0.370 e. The zero-order chi connectivity index (χ0) is 14.9. The normalized spacial score (nSPS) is 23.3. The molecule has 3 rings (SSSR count). The molecule has 2 aromatic carbocycles. The number of benzene rings is 2. The van der Waals surface area contributed by atoms with Gasteiger partial charge in [0, 0.05) is 5.92 Å². The molecule has 1 heterocycles. The predicted octanol–water partition coefficient (Wildman–Crippen LogP) is 3.75. The van der Waals surface area contributed by atoms with E-state index in [1.54, 1.807) is 6.08 Å². The highest BCUT2D eigenvalue weighted by Crippen LogP contribution is 2.49. The SMILES string of the molecule is C=CC1COC(c2ccc3ccccc3c2)C1(C#N)C#N. The summed E-state index contributed by atoms with van der Waals surface area (Å²) in [5.41, 5.74) is -0.342. The largest absolute Gasteiger partial charge is 0.370 e. The van der Waals surface area contributed by atoms with Gasteiger partial charge in [-0.1, -0.05) is 42.5 Å². The summed E-state index contributed by atoms with van der Waals surface area (Å²) in [6.45, 7) is 4.08. The average molecular weight is 274 g/mol. The first-order valence-corrected chi connectivity index (χ1v) is 6.80. The number of rotatable bonds is 2. The Hall–Kier alpha value is -2.62. The van der Waals surface area contributed by atoms with Crippen molar-refractivity contribution in [2.45, 2.75) is 6.10 Å². The third-order valence-electron chi connectivity index (χ3n) is 4.17. The Morgan fingerprint density at radius 2 is 1.86 bits per heavy atom. The highest BCUT2D eigenvalue weighted by Gasteiger charge is 2.52. The lowest BCUT2D eigenvalue weighted by molar-refractivity contribution is 0.0864. The molecule has 0 radical (unpaired) electrons. The molecule has 1 fully saturated rings. The van der Waals surface area contributed by atoms with Crippen molar-refractivity contribution in [3.63, 3.8) is 0 Å². The van der Waals surface area contributed by atoms with Crippen LogP contribution < -0.4 is 0 Å². The van der Waals surface area contributed by atoms with Crippen molar-refractivity contribution < 1.29 is 4.74 Å². The third-order valence-corrected chi connectivity index (χ3v) is 4.17. The number of nitriles is 2. The predicted molar refractivity (Wildman–Crippen MR) is 80.0 cm³/mol. The molecule has 0 amide bonds. The lowest BCUT2D eigenvalue weighted by Crippen LogP contribution is -2.27. The van der Waals surface area contributed by atoms with Crippen LogP contribution in [0.5, 0.6) is 0 Å². The highest BCUT2D eigenvalue weighted by atomic mass is 16.5. The zero-order valence-electron chi connectivity index (χ0n) is 11.5. The standard InChI is InChI=1S/C18H14N2O/c1-2-16-10-21-17(18(16,11-19)12-20)15-8-7-13-5-3-4-6-14(13)9-15/h2-9,16-17H,1,10H2. The van der Waals surface area contributed by atoms with Gasteiger partial charge < -0.3 is 4.74 Å². The summed E-state index contributed by atoms with van der Waals surface area (Å²) in [4.78, 5) is 0. The van der Waals surface area contributed by atoms with E-state index in [1.165, 1.54) is 0 Å². The van der Waals surface area contributed by atoms with Crippen molar-refractivity contribution in [2.24, 2.45) is 11.3 Å². The van der Waals surface area contributed by atoms with E-state index in [2.05, 4.69) is 18.7 Å². The lowest BCUT2D eigenvalue weighted by atomic mass is 9.73. The van der Waals surface area contributed by atoms with Crippen molar-refractivity contribution in [3.8, 4) is 12.1 Å². The van der Waals surface area contributed by atoms with Crippen LogP contribution in [-0.4, -0.2) is 6.61 Å². The third kappa shape index (κ3) is 1.91. The van der Waals surface area contributed by atoms with Gasteiger partial charge in [0.1, 0.15) is 6.10 Å². The molecule has 0 aliphatic carbocycles. The first-order chi connectivity index (χ1) is 10.2. The maximum atomic E-state index is 9.56. The number of hydrogen-bond donors (Lipinski definition) is 0. The molecule has 21 heavy (non-hydrogen) atoms. The van der Waals surface area contributed by atoms with Crippen LogP contribution in [0.3, 0.4) is 0 Å². The van der Waals surface area contributed by atoms with E-state index in [0.717, 1.165) is 16.3 Å². The maximum Gasteiger partial charge on any atom is 0.182 e. The minimum atomic E-state index is -1.20. The van der Waals surface area contributed by atoms with Crippen LogP contribution in [0.4, 0.5) is 0 Å². The Bertz CT molecular complexity index is 768. The van der Waals surface area contributed by atoms with Gasteiger partial charge in [-0.15, -0.1) is 6.58 Å². The van der Waals surface area contributed by atoms with Gasteiger partial charge in [0.2, 0.25) is 0 Å². The van der Waals surface area contributed by atoms with Gasteiger partial charge in [-0.25, -0.2) is 0 Å². The number of ether oxygens (including phenoxy) is 1. The summed E-state index contributed by atoms with van der Waals surface area (Å²) in [5, 5.41) is 21.3. The average Bonchev–Trinajstić information content (AvgIpc) is 2.93. The van der Waals surface area contributed by atoms with E-state index < -0.39 is 11.5 Å². The van der Waals surface area contributed by atoms with E-state index in [0.29, 0.717) is 6.61 Å². The summed E-state index contributed by atoms with van der Waals surface area (Å²) in [6, 6.07) is 18.3. The van der Waals surface area contributed by atoms with Crippen molar-refractivity contribution in [1.82, 2.24) is 0 Å². The van der Waals surface area contributed by atoms with Crippen LogP contribution in [0.25, 0.3) is 10.8 Å². The lowest BCUT2D eigenvalue weighted by Gasteiger charge is -2.23. The summed E-state index contributed by atoms with van der Waals surface area (Å²) in [6.07, 6.45) is 1.10. The molecule has 2 aromatic rings. The molecule has 0 saturated carbocycles. The van der Waals surface area contributed by atoms with Gasteiger partial charge in [0.15, 0.2) is 5.41 Å². The van der Waals surface area contributed by atoms with E-state index >= 15 is 0 Å². The van der Waals surface area contributed by atoms with Crippen molar-refractivity contribution in [3.05, 3.63) is 60.7 Å². The Morgan fingerprint density at radius 3 is 2.52 bits per heavy atom. The van der Waals surface area contributed by atoms with Gasteiger partial charge in [0.25, 0.3) is 0 Å². The molecule has 2 atom stereocenters. The molecule has 1 aliphatic heterocycles. The molecule has 0 bridgehead atoms. The van der Waals surface area contributed by atoms with Crippen molar-refractivity contribution in [1.29, 1.82) is 10.5 Å². The smallest absolute Gasteiger partial charge is 0.182 e. The summed E-state index contributed by atoms with van der Waals surface area (Å²) in [7, 11) is 0. The van der Waals surface area contributed by atoms with Crippen LogP contribution in [0.2, 0.25) is 0 Å². The summed E-state index contributed by atoms with van der Waals surface area (Å²) in [5.74, 6) is -0.274. The first-order valence-electron chi connectivity index (χ1n) is 6.80. The van der Waals surface area contributed by atoms with Gasteiger partial charge in [-0.05, 0) is 22.4 Å². The van der Waals surface area contributed by atoms with Gasteiger partial charge in [-0.3, -0.25) is 0 Å². The van der Waals surface area contributed by atoms with Gasteiger partial charge >= 0.3 is 0 Å². The van der Waals surface area contributed by atoms with Crippen LogP contribution >= 0.6 is 0 Å². The molecule has 1 aliphatic rings. The topological polar surface area (TPSA) is 56.8 Å². The second-order valence-electron chi connectivity index (χ2n) is 5.25. The van der Waals surface area contributed by atoms with E-state index in [4.69, 9.17) is 4.74 Å². The van der Waals surface area contributed by atoms with Gasteiger partial charge in [-0.2, -0.15) is 10.5 Å².